The number of hydrogen-bond acceptors (Lipinski definition) is 4. The number of aryl methyl sites for hydroxylation is 1. The van der Waals surface area contributed by atoms with Crippen molar-refractivity contribution < 1.29 is 19.1 Å². The van der Waals surface area contributed by atoms with E-state index in [-0.39, 0.29) is 5.78 Å². The highest BCUT2D eigenvalue weighted by molar-refractivity contribution is 6.10. The fourth-order valence-corrected chi connectivity index (χ4v) is 2.64. The Morgan fingerprint density at radius 1 is 1.13 bits per heavy atom. The molecule has 4 heteroatoms. The van der Waals surface area contributed by atoms with E-state index < -0.39 is 6.29 Å². The van der Waals surface area contributed by atoms with Crippen LogP contribution in [-0.4, -0.2) is 24.3 Å². The van der Waals surface area contributed by atoms with Crippen molar-refractivity contribution >= 4 is 16.8 Å². The van der Waals surface area contributed by atoms with E-state index >= 15 is 0 Å². The minimum atomic E-state index is -0.858. The number of carbonyl (C=O) groups excluding carboxylic acids is 1. The molecule has 3 aromatic rings. The number of aliphatic hydroxyl groups is 1. The highest BCUT2D eigenvalue weighted by Crippen LogP contribution is 2.29. The Hall–Kier alpha value is -2.43. The molecule has 0 aliphatic heterocycles. The Morgan fingerprint density at radius 2 is 1.83 bits per heavy atom. The van der Waals surface area contributed by atoms with Gasteiger partial charge in [-0.05, 0) is 12.5 Å². The Bertz CT molecular complexity index is 805. The minimum Gasteiger partial charge on any atom is -0.452 e. The van der Waals surface area contributed by atoms with Gasteiger partial charge in [0.15, 0.2) is 12.1 Å². The molecule has 1 aromatic heterocycles. The van der Waals surface area contributed by atoms with Gasteiger partial charge in [0.05, 0.1) is 0 Å². The molecule has 118 valence electrons. The lowest BCUT2D eigenvalue weighted by Crippen LogP contribution is -2.11. The van der Waals surface area contributed by atoms with E-state index in [0.717, 1.165) is 10.9 Å². The molecule has 0 amide bonds. The summed E-state index contributed by atoms with van der Waals surface area (Å²) in [4.78, 5) is 12.8. The maximum atomic E-state index is 12.8. The summed E-state index contributed by atoms with van der Waals surface area (Å²) < 4.78 is 10.7. The maximum absolute atomic E-state index is 12.8. The quantitative estimate of drug-likeness (QED) is 0.558. The number of carbonyl (C=O) groups is 1. The monoisotopic (exact) mass is 310 g/mol. The van der Waals surface area contributed by atoms with Gasteiger partial charge in [0, 0.05) is 30.0 Å². The third-order valence-corrected chi connectivity index (χ3v) is 3.85. The van der Waals surface area contributed by atoms with Gasteiger partial charge in [-0.15, -0.1) is 0 Å². The first-order valence-electron chi connectivity index (χ1n) is 7.51. The van der Waals surface area contributed by atoms with Crippen molar-refractivity contribution in [3.63, 3.8) is 0 Å². The second-order valence-corrected chi connectivity index (χ2v) is 5.33. The van der Waals surface area contributed by atoms with Crippen LogP contribution in [0, 0.1) is 0 Å². The predicted molar refractivity (Wildman–Crippen MR) is 87.4 cm³/mol. The average Bonchev–Trinajstić information content (AvgIpc) is 2.98. The van der Waals surface area contributed by atoms with Gasteiger partial charge in [0.1, 0.15) is 5.58 Å². The summed E-state index contributed by atoms with van der Waals surface area (Å²) in [7, 11) is 1.45. The molecule has 2 aromatic carbocycles. The van der Waals surface area contributed by atoms with Crippen LogP contribution in [0.3, 0.4) is 0 Å². The van der Waals surface area contributed by atoms with Gasteiger partial charge in [0.2, 0.25) is 5.78 Å². The van der Waals surface area contributed by atoms with Gasteiger partial charge in [-0.3, -0.25) is 4.79 Å². The van der Waals surface area contributed by atoms with E-state index in [1.807, 2.05) is 42.5 Å². The highest BCUT2D eigenvalue weighted by Gasteiger charge is 2.22. The molecular weight excluding hydrogens is 292 g/mol. The summed E-state index contributed by atoms with van der Waals surface area (Å²) in [6, 6.07) is 16.6. The minimum absolute atomic E-state index is 0.149. The molecule has 1 heterocycles. The van der Waals surface area contributed by atoms with Crippen molar-refractivity contribution in [3.05, 3.63) is 71.5 Å². The standard InChI is InChI=1S/C19H18O4/c1-22-17(20)12-11-15-14-9-5-6-10-16(14)23-19(15)18(21)13-7-3-2-4-8-13/h2-10,17,20H,11-12H2,1H3. The normalized spacial score (nSPS) is 12.4. The fraction of sp³-hybridized carbons (Fsp3) is 0.211. The molecule has 1 atom stereocenters. The lowest BCUT2D eigenvalue weighted by atomic mass is 10.0. The smallest absolute Gasteiger partial charge is 0.228 e. The summed E-state index contributed by atoms with van der Waals surface area (Å²) in [5, 5.41) is 10.5. The lowest BCUT2D eigenvalue weighted by molar-refractivity contribution is -0.0777. The number of ether oxygens (including phenoxy) is 1. The van der Waals surface area contributed by atoms with Crippen LogP contribution >= 0.6 is 0 Å². The number of ketones is 1. The Balaban J connectivity index is 2.03. The first-order valence-corrected chi connectivity index (χ1v) is 7.51. The van der Waals surface area contributed by atoms with Gasteiger partial charge in [-0.1, -0.05) is 48.5 Å². The summed E-state index contributed by atoms with van der Waals surface area (Å²) in [6.45, 7) is 0. The van der Waals surface area contributed by atoms with E-state index in [1.54, 1.807) is 12.1 Å². The molecule has 0 aliphatic rings. The first kappa shape index (κ1) is 15.5. The van der Waals surface area contributed by atoms with Crippen LogP contribution in [0.15, 0.2) is 59.0 Å². The van der Waals surface area contributed by atoms with Gasteiger partial charge in [-0.25, -0.2) is 0 Å². The lowest BCUT2D eigenvalue weighted by Gasteiger charge is -2.08. The Morgan fingerprint density at radius 3 is 2.57 bits per heavy atom. The number of aliphatic hydroxyl groups excluding tert-OH is 1. The van der Waals surface area contributed by atoms with Crippen molar-refractivity contribution in [2.45, 2.75) is 19.1 Å². The molecule has 23 heavy (non-hydrogen) atoms. The largest absolute Gasteiger partial charge is 0.452 e. The van der Waals surface area contributed by atoms with Gasteiger partial charge >= 0.3 is 0 Å². The molecule has 0 radical (unpaired) electrons. The van der Waals surface area contributed by atoms with Gasteiger partial charge in [-0.2, -0.15) is 0 Å². The number of hydrogen-bond donors (Lipinski definition) is 1. The van der Waals surface area contributed by atoms with Crippen LogP contribution in [0.4, 0.5) is 0 Å². The SMILES string of the molecule is COC(O)CCc1c(C(=O)c2ccccc2)oc2ccccc12. The van der Waals surface area contributed by atoms with Gasteiger partial charge < -0.3 is 14.3 Å². The zero-order chi connectivity index (χ0) is 16.2. The van der Waals surface area contributed by atoms with Crippen molar-refractivity contribution in [2.75, 3.05) is 7.11 Å². The van der Waals surface area contributed by atoms with Crippen LogP contribution in [0.2, 0.25) is 0 Å². The number of para-hydroxylation sites is 1. The van der Waals surface area contributed by atoms with E-state index in [1.165, 1.54) is 7.11 Å². The molecule has 1 N–H and O–H groups in total. The van der Waals surface area contributed by atoms with E-state index in [0.29, 0.717) is 29.7 Å². The van der Waals surface area contributed by atoms with Crippen molar-refractivity contribution in [1.82, 2.24) is 0 Å². The molecule has 4 nitrogen and oxygen atoms in total. The topological polar surface area (TPSA) is 59.7 Å². The van der Waals surface area contributed by atoms with Crippen molar-refractivity contribution in [2.24, 2.45) is 0 Å². The molecule has 0 fully saturated rings. The zero-order valence-electron chi connectivity index (χ0n) is 12.9. The molecule has 0 spiro atoms. The van der Waals surface area contributed by atoms with Crippen LogP contribution in [0.1, 0.15) is 28.1 Å². The number of rotatable bonds is 6. The summed E-state index contributed by atoms with van der Waals surface area (Å²) in [6.07, 6.45) is 0.0398. The molecule has 3 rings (SSSR count). The van der Waals surface area contributed by atoms with Crippen LogP contribution in [0.25, 0.3) is 11.0 Å². The average molecular weight is 310 g/mol. The molecule has 1 unspecified atom stereocenters. The third kappa shape index (κ3) is 3.18. The van der Waals surface area contributed by atoms with Gasteiger partial charge in [0.25, 0.3) is 0 Å². The molecular formula is C19H18O4. The highest BCUT2D eigenvalue weighted by atomic mass is 16.6. The third-order valence-electron chi connectivity index (χ3n) is 3.85. The molecule has 0 saturated heterocycles. The van der Waals surface area contributed by atoms with Crippen molar-refractivity contribution in [3.8, 4) is 0 Å². The number of benzene rings is 2. The van der Waals surface area contributed by atoms with Crippen molar-refractivity contribution in [1.29, 1.82) is 0 Å². The fourth-order valence-electron chi connectivity index (χ4n) is 2.64. The van der Waals surface area contributed by atoms with E-state index in [4.69, 9.17) is 9.15 Å². The number of methoxy groups -OCH3 is 1. The number of furan rings is 1. The first-order chi connectivity index (χ1) is 11.2. The second-order valence-electron chi connectivity index (χ2n) is 5.33. The summed E-state index contributed by atoms with van der Waals surface area (Å²) >= 11 is 0. The predicted octanol–water partition coefficient (Wildman–Crippen LogP) is 3.56. The van der Waals surface area contributed by atoms with Crippen LogP contribution < -0.4 is 0 Å². The van der Waals surface area contributed by atoms with E-state index in [2.05, 4.69) is 0 Å². The molecule has 0 bridgehead atoms. The van der Waals surface area contributed by atoms with Crippen LogP contribution in [0.5, 0.6) is 0 Å². The Kier molecular flexibility index (Phi) is 4.55. The summed E-state index contributed by atoms with van der Waals surface area (Å²) in [5.74, 6) is 0.185. The maximum Gasteiger partial charge on any atom is 0.228 e. The van der Waals surface area contributed by atoms with Crippen LogP contribution in [-0.2, 0) is 11.2 Å². The molecule has 0 saturated carbocycles. The second kappa shape index (κ2) is 6.77. The van der Waals surface area contributed by atoms with E-state index in [9.17, 15) is 9.90 Å². The molecule has 0 aliphatic carbocycles. The zero-order valence-corrected chi connectivity index (χ0v) is 12.9. The number of fused-ring (bicyclic) bond motifs is 1. The Labute approximate surface area is 134 Å². The summed E-state index contributed by atoms with van der Waals surface area (Å²) in [5.41, 5.74) is 2.07.